The fourth-order valence-corrected chi connectivity index (χ4v) is 2.83. The van der Waals surface area contributed by atoms with Gasteiger partial charge in [-0.1, -0.05) is 18.5 Å². The van der Waals surface area contributed by atoms with Gasteiger partial charge in [-0.15, -0.1) is 11.3 Å². The van der Waals surface area contributed by atoms with Gasteiger partial charge in [-0.2, -0.15) is 0 Å². The van der Waals surface area contributed by atoms with Crippen LogP contribution in [0, 0.1) is 0 Å². The van der Waals surface area contributed by atoms with Crippen LogP contribution in [0.25, 0.3) is 0 Å². The van der Waals surface area contributed by atoms with Crippen molar-refractivity contribution in [2.24, 2.45) is 0 Å². The van der Waals surface area contributed by atoms with Crippen molar-refractivity contribution < 1.29 is 4.74 Å². The molecule has 2 aromatic rings. The molecule has 0 saturated carbocycles. The molecule has 4 nitrogen and oxygen atoms in total. The Bertz CT molecular complexity index is 573. The second-order valence-electron chi connectivity index (χ2n) is 4.33. The topological polar surface area (TPSA) is 46.2 Å². The number of hydrogen-bond acceptors (Lipinski definition) is 5. The standard InChI is InChI=1S/C14H18ClN3OS/c1-4-16-9(2)12-8-20-14(18-12)17-11-7-10(15)5-6-13(11)19-3/h5-9,16H,4H2,1-3H3,(H,17,18). The van der Waals surface area contributed by atoms with Gasteiger partial charge < -0.3 is 15.4 Å². The highest BCUT2D eigenvalue weighted by Gasteiger charge is 2.11. The van der Waals surface area contributed by atoms with Crippen LogP contribution in [0.1, 0.15) is 25.6 Å². The monoisotopic (exact) mass is 311 g/mol. The van der Waals surface area contributed by atoms with E-state index >= 15 is 0 Å². The molecular weight excluding hydrogens is 294 g/mol. The smallest absolute Gasteiger partial charge is 0.187 e. The maximum Gasteiger partial charge on any atom is 0.187 e. The lowest BCUT2D eigenvalue weighted by atomic mass is 10.2. The lowest BCUT2D eigenvalue weighted by molar-refractivity contribution is 0.417. The quantitative estimate of drug-likeness (QED) is 0.838. The van der Waals surface area contributed by atoms with Crippen molar-refractivity contribution in [1.29, 1.82) is 0 Å². The van der Waals surface area contributed by atoms with Gasteiger partial charge in [0.05, 0.1) is 18.5 Å². The van der Waals surface area contributed by atoms with E-state index in [1.165, 1.54) is 0 Å². The third kappa shape index (κ3) is 3.62. The summed E-state index contributed by atoms with van der Waals surface area (Å²) in [5.41, 5.74) is 1.84. The van der Waals surface area contributed by atoms with Crippen LogP contribution in [0.3, 0.4) is 0 Å². The molecule has 0 saturated heterocycles. The van der Waals surface area contributed by atoms with Crippen molar-refractivity contribution in [2.75, 3.05) is 19.0 Å². The van der Waals surface area contributed by atoms with Gasteiger partial charge in [0.15, 0.2) is 5.13 Å². The van der Waals surface area contributed by atoms with E-state index < -0.39 is 0 Å². The SMILES string of the molecule is CCNC(C)c1csc(Nc2cc(Cl)ccc2OC)n1. The van der Waals surface area contributed by atoms with Gasteiger partial charge in [-0.05, 0) is 31.7 Å². The zero-order valence-corrected chi connectivity index (χ0v) is 13.3. The molecule has 0 amide bonds. The minimum absolute atomic E-state index is 0.244. The average molecular weight is 312 g/mol. The van der Waals surface area contributed by atoms with E-state index in [-0.39, 0.29) is 6.04 Å². The summed E-state index contributed by atoms with van der Waals surface area (Å²) in [7, 11) is 1.63. The molecule has 0 bridgehead atoms. The Hall–Kier alpha value is -1.30. The number of nitrogens with zero attached hydrogens (tertiary/aromatic N) is 1. The number of benzene rings is 1. The fourth-order valence-electron chi connectivity index (χ4n) is 1.85. The van der Waals surface area contributed by atoms with E-state index in [0.717, 1.165) is 28.8 Å². The number of anilines is 2. The van der Waals surface area contributed by atoms with Crippen LogP contribution in [-0.4, -0.2) is 18.6 Å². The van der Waals surface area contributed by atoms with E-state index in [1.807, 2.05) is 17.5 Å². The van der Waals surface area contributed by atoms with E-state index in [1.54, 1.807) is 24.5 Å². The van der Waals surface area contributed by atoms with Crippen LogP contribution in [-0.2, 0) is 0 Å². The normalized spacial score (nSPS) is 12.2. The number of thiazole rings is 1. The number of hydrogen-bond donors (Lipinski definition) is 2. The summed E-state index contributed by atoms with van der Waals surface area (Å²) in [6, 6.07) is 5.70. The minimum atomic E-state index is 0.244. The van der Waals surface area contributed by atoms with Crippen LogP contribution in [0.15, 0.2) is 23.6 Å². The summed E-state index contributed by atoms with van der Waals surface area (Å²) in [6.45, 7) is 5.10. The summed E-state index contributed by atoms with van der Waals surface area (Å²) >= 11 is 7.58. The third-order valence-electron chi connectivity index (χ3n) is 2.88. The molecule has 2 rings (SSSR count). The van der Waals surface area contributed by atoms with Crippen LogP contribution < -0.4 is 15.4 Å². The van der Waals surface area contributed by atoms with Gasteiger partial charge in [-0.25, -0.2) is 4.98 Å². The molecule has 6 heteroatoms. The first-order valence-electron chi connectivity index (χ1n) is 6.43. The first kappa shape index (κ1) is 15.1. The zero-order chi connectivity index (χ0) is 14.5. The van der Waals surface area contributed by atoms with Gasteiger partial charge in [0.2, 0.25) is 0 Å². The van der Waals surface area contributed by atoms with Gasteiger partial charge >= 0.3 is 0 Å². The number of halogens is 1. The molecule has 20 heavy (non-hydrogen) atoms. The number of ether oxygens (including phenoxy) is 1. The Morgan fingerprint density at radius 2 is 2.25 bits per heavy atom. The molecule has 0 aliphatic carbocycles. The van der Waals surface area contributed by atoms with Gasteiger partial charge in [0.1, 0.15) is 5.75 Å². The van der Waals surface area contributed by atoms with Crippen molar-refractivity contribution in [3.05, 3.63) is 34.3 Å². The first-order chi connectivity index (χ1) is 9.63. The molecule has 1 aromatic carbocycles. The molecule has 1 aromatic heterocycles. The molecule has 1 unspecified atom stereocenters. The molecule has 0 spiro atoms. The molecule has 0 fully saturated rings. The second kappa shape index (κ2) is 6.92. The van der Waals surface area contributed by atoms with Crippen LogP contribution in [0.4, 0.5) is 10.8 Å². The molecule has 108 valence electrons. The maximum absolute atomic E-state index is 6.01. The van der Waals surface area contributed by atoms with E-state index in [0.29, 0.717) is 5.02 Å². The van der Waals surface area contributed by atoms with E-state index in [2.05, 4.69) is 29.5 Å². The molecule has 1 atom stereocenters. The largest absolute Gasteiger partial charge is 0.495 e. The summed E-state index contributed by atoms with van der Waals surface area (Å²) in [6.07, 6.45) is 0. The first-order valence-corrected chi connectivity index (χ1v) is 7.69. The number of aromatic nitrogens is 1. The average Bonchev–Trinajstić information content (AvgIpc) is 2.88. The highest BCUT2D eigenvalue weighted by Crippen LogP contribution is 2.32. The summed E-state index contributed by atoms with van der Waals surface area (Å²) in [5.74, 6) is 0.742. The van der Waals surface area contributed by atoms with Crippen LogP contribution in [0.2, 0.25) is 5.02 Å². The van der Waals surface area contributed by atoms with Crippen LogP contribution in [0.5, 0.6) is 5.75 Å². The Labute approximate surface area is 128 Å². The molecule has 2 N–H and O–H groups in total. The lowest BCUT2D eigenvalue weighted by Crippen LogP contribution is -2.17. The van der Waals surface area contributed by atoms with Crippen molar-refractivity contribution >= 4 is 33.8 Å². The van der Waals surface area contributed by atoms with Gasteiger partial charge in [0.25, 0.3) is 0 Å². The van der Waals surface area contributed by atoms with E-state index in [9.17, 15) is 0 Å². The fraction of sp³-hybridized carbons (Fsp3) is 0.357. The second-order valence-corrected chi connectivity index (χ2v) is 5.62. The summed E-state index contributed by atoms with van der Waals surface area (Å²) in [5, 5.41) is 10.1. The Morgan fingerprint density at radius 1 is 1.45 bits per heavy atom. The maximum atomic E-state index is 6.01. The Balaban J connectivity index is 2.16. The summed E-state index contributed by atoms with van der Waals surface area (Å²) in [4.78, 5) is 4.58. The highest BCUT2D eigenvalue weighted by molar-refractivity contribution is 7.13. The molecular formula is C14H18ClN3OS. The summed E-state index contributed by atoms with van der Waals surface area (Å²) < 4.78 is 5.31. The Morgan fingerprint density at radius 3 is 2.95 bits per heavy atom. The van der Waals surface area contributed by atoms with Crippen LogP contribution >= 0.6 is 22.9 Å². The Kier molecular flexibility index (Phi) is 5.23. The van der Waals surface area contributed by atoms with E-state index in [4.69, 9.17) is 16.3 Å². The highest BCUT2D eigenvalue weighted by atomic mass is 35.5. The molecule has 0 aliphatic heterocycles. The molecule has 0 aliphatic rings. The number of nitrogens with one attached hydrogen (secondary N) is 2. The number of rotatable bonds is 6. The van der Waals surface area contributed by atoms with Crippen molar-refractivity contribution in [2.45, 2.75) is 19.9 Å². The predicted octanol–water partition coefficient (Wildman–Crippen LogP) is 4.22. The predicted molar refractivity (Wildman–Crippen MR) is 85.5 cm³/mol. The zero-order valence-electron chi connectivity index (χ0n) is 11.7. The minimum Gasteiger partial charge on any atom is -0.495 e. The van der Waals surface area contributed by atoms with Crippen molar-refractivity contribution in [3.8, 4) is 5.75 Å². The molecule has 1 heterocycles. The van der Waals surface area contributed by atoms with Gasteiger partial charge in [0, 0.05) is 16.4 Å². The van der Waals surface area contributed by atoms with Crippen molar-refractivity contribution in [1.82, 2.24) is 10.3 Å². The van der Waals surface area contributed by atoms with Gasteiger partial charge in [-0.3, -0.25) is 0 Å². The third-order valence-corrected chi connectivity index (χ3v) is 3.89. The number of methoxy groups -OCH3 is 1. The van der Waals surface area contributed by atoms with Crippen molar-refractivity contribution in [3.63, 3.8) is 0 Å². The molecule has 0 radical (unpaired) electrons. The lowest BCUT2D eigenvalue weighted by Gasteiger charge is -2.10.